The summed E-state index contributed by atoms with van der Waals surface area (Å²) in [5, 5.41) is 10.5. The molecule has 120 valence electrons. The molecule has 1 aromatic carbocycles. The van der Waals surface area contributed by atoms with Gasteiger partial charge in [0.05, 0.1) is 12.7 Å². The van der Waals surface area contributed by atoms with Crippen molar-refractivity contribution in [1.29, 1.82) is 0 Å². The summed E-state index contributed by atoms with van der Waals surface area (Å²) >= 11 is 0. The number of nitrogens with zero attached hydrogens (tertiary/aromatic N) is 1. The molecule has 1 atom stereocenters. The third kappa shape index (κ3) is 6.49. The SMILES string of the molecule is CCCCN(C)CCC(O)c1cc(C)ccc1OCCC. The first-order chi connectivity index (χ1) is 10.1. The largest absolute Gasteiger partial charge is 0.493 e. The number of aryl methyl sites for hydroxylation is 1. The summed E-state index contributed by atoms with van der Waals surface area (Å²) in [4.78, 5) is 2.29. The Kier molecular flexibility index (Phi) is 8.40. The summed E-state index contributed by atoms with van der Waals surface area (Å²) in [5.74, 6) is 0.825. The molecule has 0 aromatic heterocycles. The van der Waals surface area contributed by atoms with Crippen LogP contribution in [0.1, 0.15) is 56.8 Å². The zero-order chi connectivity index (χ0) is 15.7. The second-order valence-corrected chi connectivity index (χ2v) is 5.85. The molecule has 21 heavy (non-hydrogen) atoms. The van der Waals surface area contributed by atoms with Crippen molar-refractivity contribution in [3.8, 4) is 5.75 Å². The molecule has 0 saturated carbocycles. The van der Waals surface area contributed by atoms with Gasteiger partial charge >= 0.3 is 0 Å². The molecule has 3 nitrogen and oxygen atoms in total. The Morgan fingerprint density at radius 2 is 1.95 bits per heavy atom. The number of aliphatic hydroxyl groups is 1. The predicted molar refractivity (Wildman–Crippen MR) is 88.9 cm³/mol. The van der Waals surface area contributed by atoms with E-state index in [2.05, 4.69) is 25.8 Å². The maximum absolute atomic E-state index is 10.5. The van der Waals surface area contributed by atoms with Crippen molar-refractivity contribution in [2.24, 2.45) is 0 Å². The fraction of sp³-hybridized carbons (Fsp3) is 0.667. The first kappa shape index (κ1) is 18.0. The predicted octanol–water partition coefficient (Wildman–Crippen LogP) is 3.94. The van der Waals surface area contributed by atoms with Crippen LogP contribution < -0.4 is 4.74 Å². The summed E-state index contributed by atoms with van der Waals surface area (Å²) in [6.45, 7) is 9.03. The van der Waals surface area contributed by atoms with Gasteiger partial charge in [0.1, 0.15) is 5.75 Å². The van der Waals surface area contributed by atoms with Crippen LogP contribution in [0.15, 0.2) is 18.2 Å². The van der Waals surface area contributed by atoms with Crippen molar-refractivity contribution in [2.45, 2.75) is 52.6 Å². The van der Waals surface area contributed by atoms with Crippen LogP contribution in [-0.2, 0) is 0 Å². The average molecular weight is 293 g/mol. The lowest BCUT2D eigenvalue weighted by molar-refractivity contribution is 0.144. The quantitative estimate of drug-likeness (QED) is 0.709. The average Bonchev–Trinajstić information content (AvgIpc) is 2.49. The Morgan fingerprint density at radius 1 is 1.19 bits per heavy atom. The Hall–Kier alpha value is -1.06. The van der Waals surface area contributed by atoms with E-state index in [9.17, 15) is 5.11 Å². The normalized spacial score (nSPS) is 12.7. The highest BCUT2D eigenvalue weighted by Gasteiger charge is 2.14. The molecule has 0 saturated heterocycles. The van der Waals surface area contributed by atoms with Gasteiger partial charge in [0.15, 0.2) is 0 Å². The van der Waals surface area contributed by atoms with Gasteiger partial charge in [0, 0.05) is 12.1 Å². The lowest BCUT2D eigenvalue weighted by atomic mass is 10.0. The smallest absolute Gasteiger partial charge is 0.125 e. The number of unbranched alkanes of at least 4 members (excludes halogenated alkanes) is 1. The number of rotatable bonds is 10. The molecule has 0 aliphatic carbocycles. The molecule has 0 bridgehead atoms. The summed E-state index contributed by atoms with van der Waals surface area (Å²) in [6, 6.07) is 6.06. The maximum atomic E-state index is 10.5. The highest BCUT2D eigenvalue weighted by Crippen LogP contribution is 2.28. The fourth-order valence-electron chi connectivity index (χ4n) is 2.31. The Labute approximate surface area is 129 Å². The number of hydrogen-bond donors (Lipinski definition) is 1. The molecule has 0 heterocycles. The van der Waals surface area contributed by atoms with Crippen LogP contribution in [0.3, 0.4) is 0 Å². The van der Waals surface area contributed by atoms with Crippen LogP contribution in [0.25, 0.3) is 0 Å². The van der Waals surface area contributed by atoms with Crippen molar-refractivity contribution in [3.05, 3.63) is 29.3 Å². The van der Waals surface area contributed by atoms with Crippen LogP contribution in [0, 0.1) is 6.92 Å². The van der Waals surface area contributed by atoms with Crippen molar-refractivity contribution >= 4 is 0 Å². The van der Waals surface area contributed by atoms with E-state index in [4.69, 9.17) is 4.74 Å². The minimum Gasteiger partial charge on any atom is -0.493 e. The van der Waals surface area contributed by atoms with Gasteiger partial charge in [-0.3, -0.25) is 0 Å². The van der Waals surface area contributed by atoms with E-state index in [0.717, 1.165) is 42.8 Å². The van der Waals surface area contributed by atoms with E-state index in [0.29, 0.717) is 6.61 Å². The first-order valence-corrected chi connectivity index (χ1v) is 8.18. The molecule has 0 aliphatic heterocycles. The van der Waals surface area contributed by atoms with E-state index >= 15 is 0 Å². The van der Waals surface area contributed by atoms with Crippen molar-refractivity contribution in [1.82, 2.24) is 4.90 Å². The number of hydrogen-bond acceptors (Lipinski definition) is 3. The highest BCUT2D eigenvalue weighted by molar-refractivity contribution is 5.38. The lowest BCUT2D eigenvalue weighted by Gasteiger charge is -2.20. The van der Waals surface area contributed by atoms with Gasteiger partial charge in [-0.15, -0.1) is 0 Å². The van der Waals surface area contributed by atoms with Crippen LogP contribution >= 0.6 is 0 Å². The number of benzene rings is 1. The monoisotopic (exact) mass is 293 g/mol. The molecule has 0 aliphatic rings. The van der Waals surface area contributed by atoms with Gasteiger partial charge in [-0.1, -0.05) is 31.9 Å². The van der Waals surface area contributed by atoms with Crippen molar-refractivity contribution in [3.63, 3.8) is 0 Å². The molecule has 0 fully saturated rings. The minimum absolute atomic E-state index is 0.458. The fourth-order valence-corrected chi connectivity index (χ4v) is 2.31. The second kappa shape index (κ2) is 9.80. The van der Waals surface area contributed by atoms with Gasteiger partial charge in [-0.25, -0.2) is 0 Å². The van der Waals surface area contributed by atoms with Gasteiger partial charge in [-0.05, 0) is 51.9 Å². The maximum Gasteiger partial charge on any atom is 0.125 e. The molecule has 0 radical (unpaired) electrons. The molecular formula is C18H31NO2. The molecular weight excluding hydrogens is 262 g/mol. The first-order valence-electron chi connectivity index (χ1n) is 8.18. The van der Waals surface area contributed by atoms with Gasteiger partial charge in [0.25, 0.3) is 0 Å². The zero-order valence-electron chi connectivity index (χ0n) is 14.1. The van der Waals surface area contributed by atoms with Crippen LogP contribution in [-0.4, -0.2) is 36.8 Å². The summed E-state index contributed by atoms with van der Waals surface area (Å²) in [6.07, 6.45) is 3.68. The summed E-state index contributed by atoms with van der Waals surface area (Å²) in [5.41, 5.74) is 2.08. The van der Waals surface area contributed by atoms with Gasteiger partial charge in [-0.2, -0.15) is 0 Å². The third-order valence-electron chi connectivity index (χ3n) is 3.66. The molecule has 1 rings (SSSR count). The second-order valence-electron chi connectivity index (χ2n) is 5.85. The molecule has 1 unspecified atom stereocenters. The molecule has 3 heteroatoms. The van der Waals surface area contributed by atoms with E-state index in [-0.39, 0.29) is 0 Å². The molecule has 1 N–H and O–H groups in total. The third-order valence-corrected chi connectivity index (χ3v) is 3.66. The standard InChI is InChI=1S/C18H31NO2/c1-5-7-11-19(4)12-10-17(20)16-14-15(3)8-9-18(16)21-13-6-2/h8-9,14,17,20H,5-7,10-13H2,1-4H3. The van der Waals surface area contributed by atoms with Crippen LogP contribution in [0.4, 0.5) is 0 Å². The van der Waals surface area contributed by atoms with Crippen molar-refractivity contribution < 1.29 is 9.84 Å². The van der Waals surface area contributed by atoms with E-state index in [1.165, 1.54) is 12.8 Å². The van der Waals surface area contributed by atoms with Crippen LogP contribution in [0.5, 0.6) is 5.75 Å². The number of aliphatic hydroxyl groups excluding tert-OH is 1. The topological polar surface area (TPSA) is 32.7 Å². The Bertz CT molecular complexity index is 406. The molecule has 1 aromatic rings. The zero-order valence-corrected chi connectivity index (χ0v) is 14.1. The van der Waals surface area contributed by atoms with Gasteiger partial charge < -0.3 is 14.7 Å². The number of ether oxygens (including phenoxy) is 1. The van der Waals surface area contributed by atoms with E-state index < -0.39 is 6.10 Å². The van der Waals surface area contributed by atoms with E-state index in [1.54, 1.807) is 0 Å². The highest BCUT2D eigenvalue weighted by atomic mass is 16.5. The minimum atomic E-state index is -0.458. The Balaban J connectivity index is 2.62. The Morgan fingerprint density at radius 3 is 2.62 bits per heavy atom. The summed E-state index contributed by atoms with van der Waals surface area (Å²) < 4.78 is 5.76. The van der Waals surface area contributed by atoms with Gasteiger partial charge in [0.2, 0.25) is 0 Å². The van der Waals surface area contributed by atoms with E-state index in [1.807, 2.05) is 25.1 Å². The van der Waals surface area contributed by atoms with Crippen molar-refractivity contribution in [2.75, 3.05) is 26.7 Å². The molecule has 0 spiro atoms. The molecule has 0 amide bonds. The lowest BCUT2D eigenvalue weighted by Crippen LogP contribution is -2.22. The van der Waals surface area contributed by atoms with Crippen LogP contribution in [0.2, 0.25) is 0 Å². The summed E-state index contributed by atoms with van der Waals surface area (Å²) in [7, 11) is 2.12.